The monoisotopic (exact) mass is 421 g/mol. The molecule has 3 fully saturated rings. The molecule has 4 unspecified atom stereocenters. The van der Waals surface area contributed by atoms with E-state index in [0.717, 1.165) is 29.7 Å². The standard InChI is InChI=1S/C23H20ClN3O3/c1-12-8-9-13(24)11-17(12)27-20(28)18-16-7-4-10-26(16)23(19(18)21(27)29)14-5-2-3-6-15(14)25-22(23)30/h2-3,5-6,8-9,11,16,18-19H,4,7,10H2,1H3,(H,25,30). The summed E-state index contributed by atoms with van der Waals surface area (Å²) in [5.74, 6) is -2.00. The van der Waals surface area contributed by atoms with Crippen molar-refractivity contribution in [3.05, 3.63) is 58.6 Å². The molecule has 1 spiro atoms. The molecule has 1 N–H and O–H groups in total. The van der Waals surface area contributed by atoms with Gasteiger partial charge < -0.3 is 5.32 Å². The first-order valence-corrected chi connectivity index (χ1v) is 10.7. The molecule has 0 aliphatic carbocycles. The van der Waals surface area contributed by atoms with E-state index in [-0.39, 0.29) is 23.8 Å². The normalized spacial score (nSPS) is 32.0. The first kappa shape index (κ1) is 18.1. The minimum Gasteiger partial charge on any atom is -0.324 e. The summed E-state index contributed by atoms with van der Waals surface area (Å²) in [6.45, 7) is 2.56. The Morgan fingerprint density at radius 2 is 1.90 bits per heavy atom. The van der Waals surface area contributed by atoms with Crippen LogP contribution in [0.15, 0.2) is 42.5 Å². The molecule has 4 atom stereocenters. The maximum Gasteiger partial charge on any atom is 0.250 e. The van der Waals surface area contributed by atoms with E-state index in [1.165, 1.54) is 4.90 Å². The summed E-state index contributed by atoms with van der Waals surface area (Å²) in [5.41, 5.74) is 1.72. The highest BCUT2D eigenvalue weighted by Gasteiger charge is 2.74. The number of benzene rings is 2. The van der Waals surface area contributed by atoms with Gasteiger partial charge in [-0.15, -0.1) is 0 Å². The highest BCUT2D eigenvalue weighted by atomic mass is 35.5. The maximum atomic E-state index is 13.9. The highest BCUT2D eigenvalue weighted by molar-refractivity contribution is 6.32. The fourth-order valence-corrected chi connectivity index (χ4v) is 6.39. The Hall–Kier alpha value is -2.70. The van der Waals surface area contributed by atoms with Gasteiger partial charge in [0.25, 0.3) is 0 Å². The summed E-state index contributed by atoms with van der Waals surface area (Å²) in [7, 11) is 0. The van der Waals surface area contributed by atoms with Crippen molar-refractivity contribution in [3.63, 3.8) is 0 Å². The van der Waals surface area contributed by atoms with E-state index in [2.05, 4.69) is 10.2 Å². The number of carbonyl (C=O) groups excluding carboxylic acids is 3. The van der Waals surface area contributed by atoms with Gasteiger partial charge in [-0.1, -0.05) is 35.9 Å². The SMILES string of the molecule is Cc1ccc(Cl)cc1N1C(=O)C2C3CCCN3C3(C(=O)Nc4ccccc43)C2C1=O. The summed E-state index contributed by atoms with van der Waals surface area (Å²) < 4.78 is 0. The van der Waals surface area contributed by atoms with E-state index in [9.17, 15) is 14.4 Å². The van der Waals surface area contributed by atoms with Crippen LogP contribution < -0.4 is 10.2 Å². The average Bonchev–Trinajstić information content (AvgIpc) is 3.42. The first-order chi connectivity index (χ1) is 14.5. The van der Waals surface area contributed by atoms with Gasteiger partial charge in [-0.25, -0.2) is 4.90 Å². The second-order valence-electron chi connectivity index (χ2n) is 8.62. The lowest BCUT2D eigenvalue weighted by Crippen LogP contribution is -2.54. The molecule has 4 heterocycles. The van der Waals surface area contributed by atoms with Gasteiger partial charge in [0.15, 0.2) is 0 Å². The molecule has 3 amide bonds. The molecule has 3 saturated heterocycles. The molecule has 0 aromatic heterocycles. The Morgan fingerprint density at radius 1 is 1.10 bits per heavy atom. The van der Waals surface area contributed by atoms with E-state index < -0.39 is 17.4 Å². The van der Waals surface area contributed by atoms with Crippen LogP contribution in [0.3, 0.4) is 0 Å². The third-order valence-corrected chi connectivity index (χ3v) is 7.55. The van der Waals surface area contributed by atoms with Crippen molar-refractivity contribution in [1.29, 1.82) is 0 Å². The van der Waals surface area contributed by atoms with Crippen LogP contribution in [-0.2, 0) is 19.9 Å². The summed E-state index contributed by atoms with van der Waals surface area (Å²) in [5, 5.41) is 3.45. The molecule has 6 rings (SSSR count). The smallest absolute Gasteiger partial charge is 0.250 e. The quantitative estimate of drug-likeness (QED) is 0.718. The van der Waals surface area contributed by atoms with Crippen molar-refractivity contribution in [2.45, 2.75) is 31.3 Å². The molecular weight excluding hydrogens is 402 g/mol. The van der Waals surface area contributed by atoms with Gasteiger partial charge in [0, 0.05) is 22.3 Å². The van der Waals surface area contributed by atoms with E-state index in [4.69, 9.17) is 11.6 Å². The molecule has 4 aliphatic rings. The molecule has 6 nitrogen and oxygen atoms in total. The summed E-state index contributed by atoms with van der Waals surface area (Å²) in [4.78, 5) is 44.4. The van der Waals surface area contributed by atoms with E-state index >= 15 is 0 Å². The zero-order valence-electron chi connectivity index (χ0n) is 16.4. The minimum atomic E-state index is -1.13. The molecule has 0 bridgehead atoms. The predicted octanol–water partition coefficient (Wildman–Crippen LogP) is 3.08. The van der Waals surface area contributed by atoms with Crippen LogP contribution in [0.1, 0.15) is 24.0 Å². The van der Waals surface area contributed by atoms with Crippen molar-refractivity contribution in [2.75, 3.05) is 16.8 Å². The largest absolute Gasteiger partial charge is 0.324 e. The second-order valence-corrected chi connectivity index (χ2v) is 9.05. The van der Waals surface area contributed by atoms with E-state index in [1.54, 1.807) is 12.1 Å². The zero-order chi connectivity index (χ0) is 20.8. The number of aryl methyl sites for hydroxylation is 1. The van der Waals surface area contributed by atoms with Crippen molar-refractivity contribution in [3.8, 4) is 0 Å². The number of anilines is 2. The van der Waals surface area contributed by atoms with Crippen molar-refractivity contribution < 1.29 is 14.4 Å². The highest BCUT2D eigenvalue weighted by Crippen LogP contribution is 2.60. The number of rotatable bonds is 1. The van der Waals surface area contributed by atoms with Gasteiger partial charge in [-0.05, 0) is 50.1 Å². The van der Waals surface area contributed by atoms with E-state index in [1.807, 2.05) is 37.3 Å². The first-order valence-electron chi connectivity index (χ1n) is 10.3. The maximum absolute atomic E-state index is 13.9. The molecular formula is C23H20ClN3O3. The van der Waals surface area contributed by atoms with Crippen molar-refractivity contribution in [1.82, 2.24) is 4.90 Å². The number of amides is 3. The van der Waals surface area contributed by atoms with E-state index in [0.29, 0.717) is 17.3 Å². The number of hydrogen-bond donors (Lipinski definition) is 1. The fourth-order valence-electron chi connectivity index (χ4n) is 6.22. The van der Waals surface area contributed by atoms with Crippen LogP contribution in [0, 0.1) is 18.8 Å². The van der Waals surface area contributed by atoms with Gasteiger partial charge >= 0.3 is 0 Å². The van der Waals surface area contributed by atoms with Crippen molar-refractivity contribution in [2.24, 2.45) is 11.8 Å². The fraction of sp³-hybridized carbons (Fsp3) is 0.348. The minimum absolute atomic E-state index is 0.118. The Labute approximate surface area is 178 Å². The Balaban J connectivity index is 1.57. The Morgan fingerprint density at radius 3 is 2.73 bits per heavy atom. The molecule has 30 heavy (non-hydrogen) atoms. The molecule has 7 heteroatoms. The van der Waals surface area contributed by atoms with Crippen LogP contribution >= 0.6 is 11.6 Å². The third-order valence-electron chi connectivity index (χ3n) is 7.31. The molecule has 0 saturated carbocycles. The van der Waals surface area contributed by atoms with Crippen LogP contribution in [0.25, 0.3) is 0 Å². The number of halogens is 1. The van der Waals surface area contributed by atoms with Crippen molar-refractivity contribution >= 4 is 40.7 Å². The molecule has 152 valence electrons. The summed E-state index contributed by atoms with van der Waals surface area (Å²) in [6.07, 6.45) is 1.71. The number of carbonyl (C=O) groups is 3. The number of imide groups is 1. The van der Waals surface area contributed by atoms with Gasteiger partial charge in [-0.3, -0.25) is 19.3 Å². The second kappa shape index (κ2) is 5.93. The van der Waals surface area contributed by atoms with Crippen LogP contribution in [-0.4, -0.2) is 35.2 Å². The number of fused-ring (bicyclic) bond motifs is 7. The lowest BCUT2D eigenvalue weighted by Gasteiger charge is -2.36. The van der Waals surface area contributed by atoms with Crippen LogP contribution in [0.2, 0.25) is 5.02 Å². The Kier molecular flexibility index (Phi) is 3.58. The van der Waals surface area contributed by atoms with Gasteiger partial charge in [0.1, 0.15) is 5.54 Å². The van der Waals surface area contributed by atoms with Gasteiger partial charge in [0.05, 0.1) is 17.5 Å². The van der Waals surface area contributed by atoms with Gasteiger partial charge in [0.2, 0.25) is 17.7 Å². The molecule has 2 aromatic rings. The number of nitrogens with zero attached hydrogens (tertiary/aromatic N) is 2. The topological polar surface area (TPSA) is 69.7 Å². The average molecular weight is 422 g/mol. The molecule has 4 aliphatic heterocycles. The number of nitrogens with one attached hydrogen (secondary N) is 1. The third kappa shape index (κ3) is 1.96. The number of hydrogen-bond acceptors (Lipinski definition) is 4. The lowest BCUT2D eigenvalue weighted by molar-refractivity contribution is -0.135. The molecule has 0 radical (unpaired) electrons. The zero-order valence-corrected chi connectivity index (χ0v) is 17.1. The van der Waals surface area contributed by atoms with Crippen LogP contribution in [0.4, 0.5) is 11.4 Å². The Bertz CT molecular complexity index is 1150. The summed E-state index contributed by atoms with van der Waals surface area (Å²) in [6, 6.07) is 12.6. The number of para-hydroxylation sites is 1. The van der Waals surface area contributed by atoms with Gasteiger partial charge in [-0.2, -0.15) is 0 Å². The van der Waals surface area contributed by atoms with Crippen LogP contribution in [0.5, 0.6) is 0 Å². The lowest BCUT2D eigenvalue weighted by atomic mass is 9.75. The predicted molar refractivity (Wildman–Crippen MR) is 112 cm³/mol. The summed E-state index contributed by atoms with van der Waals surface area (Å²) >= 11 is 6.19. The molecule has 2 aromatic carbocycles.